The number of nitrogens with one attached hydrogen (secondary N) is 2. The van der Waals surface area contributed by atoms with Crippen LogP contribution >= 0.6 is 11.3 Å². The maximum atomic E-state index is 12.5. The average molecular weight is 345 g/mol. The molecule has 0 aliphatic heterocycles. The molecule has 128 valence electrons. The predicted octanol–water partition coefficient (Wildman–Crippen LogP) is 3.73. The molecule has 0 aromatic carbocycles. The van der Waals surface area contributed by atoms with Crippen LogP contribution in [0.3, 0.4) is 0 Å². The fraction of sp³-hybridized carbons (Fsp3) is 0.588. The van der Waals surface area contributed by atoms with Gasteiger partial charge in [-0.2, -0.15) is 5.10 Å². The topological polar surface area (TPSA) is 71.8 Å². The van der Waals surface area contributed by atoms with E-state index < -0.39 is 0 Å². The Morgan fingerprint density at radius 2 is 2.17 bits per heavy atom. The van der Waals surface area contributed by atoms with Gasteiger partial charge in [0, 0.05) is 30.1 Å². The second-order valence-corrected chi connectivity index (χ2v) is 7.84. The zero-order valence-corrected chi connectivity index (χ0v) is 14.9. The number of thiazole rings is 1. The fourth-order valence-electron chi connectivity index (χ4n) is 3.13. The summed E-state index contributed by atoms with van der Waals surface area (Å²) in [4.78, 5) is 17.0. The summed E-state index contributed by atoms with van der Waals surface area (Å²) in [6.45, 7) is 1.99. The molecule has 2 N–H and O–H groups in total. The van der Waals surface area contributed by atoms with Gasteiger partial charge in [0.25, 0.3) is 0 Å². The van der Waals surface area contributed by atoms with Gasteiger partial charge in [0.05, 0.1) is 11.7 Å². The van der Waals surface area contributed by atoms with Crippen molar-refractivity contribution in [3.8, 4) is 0 Å². The van der Waals surface area contributed by atoms with Crippen LogP contribution in [0.15, 0.2) is 11.4 Å². The van der Waals surface area contributed by atoms with Gasteiger partial charge >= 0.3 is 6.03 Å². The van der Waals surface area contributed by atoms with Crippen LogP contribution in [0.2, 0.25) is 0 Å². The first-order chi connectivity index (χ1) is 11.6. The highest BCUT2D eigenvalue weighted by Gasteiger charge is 2.35. The van der Waals surface area contributed by atoms with Gasteiger partial charge < -0.3 is 5.32 Å². The van der Waals surface area contributed by atoms with Crippen LogP contribution in [0.4, 0.5) is 10.6 Å². The molecule has 2 aromatic rings. The van der Waals surface area contributed by atoms with Crippen molar-refractivity contribution in [3.63, 3.8) is 0 Å². The highest BCUT2D eigenvalue weighted by molar-refractivity contribution is 7.09. The van der Waals surface area contributed by atoms with Crippen molar-refractivity contribution in [3.05, 3.63) is 27.8 Å². The second-order valence-electron chi connectivity index (χ2n) is 6.95. The minimum absolute atomic E-state index is 0.0167. The number of nitrogens with zero attached hydrogens (tertiary/aromatic N) is 3. The number of urea groups is 1. The Kier molecular flexibility index (Phi) is 4.04. The monoisotopic (exact) mass is 345 g/mol. The van der Waals surface area contributed by atoms with Crippen molar-refractivity contribution >= 4 is 23.2 Å². The molecule has 2 aromatic heterocycles. The Hall–Kier alpha value is -1.89. The largest absolute Gasteiger partial charge is 0.328 e. The van der Waals surface area contributed by atoms with E-state index in [2.05, 4.69) is 20.7 Å². The maximum absolute atomic E-state index is 12.5. The van der Waals surface area contributed by atoms with Gasteiger partial charge in [-0.25, -0.2) is 9.78 Å². The van der Waals surface area contributed by atoms with Gasteiger partial charge in [0.1, 0.15) is 10.8 Å². The molecule has 2 amide bonds. The molecule has 2 heterocycles. The maximum Gasteiger partial charge on any atom is 0.320 e. The molecule has 0 saturated heterocycles. The van der Waals surface area contributed by atoms with Crippen LogP contribution in [0, 0.1) is 12.8 Å². The average Bonchev–Trinajstić information content (AvgIpc) is 3.14. The van der Waals surface area contributed by atoms with Gasteiger partial charge in [0.2, 0.25) is 0 Å². The summed E-state index contributed by atoms with van der Waals surface area (Å²) < 4.78 is 1.76. The third-order valence-corrected chi connectivity index (χ3v) is 5.99. The van der Waals surface area contributed by atoms with Crippen LogP contribution in [0.5, 0.6) is 0 Å². The first kappa shape index (κ1) is 15.6. The number of rotatable bonds is 5. The summed E-state index contributed by atoms with van der Waals surface area (Å²) >= 11 is 1.62. The Labute approximate surface area is 145 Å². The molecule has 0 unspecified atom stereocenters. The molecular weight excluding hydrogens is 322 g/mol. The number of carbonyl (C=O) groups excluding carboxylic acids is 1. The van der Waals surface area contributed by atoms with E-state index in [1.807, 2.05) is 25.4 Å². The van der Waals surface area contributed by atoms with Crippen LogP contribution < -0.4 is 10.6 Å². The SMILES string of the molecule is Cc1csc([C@H](NC(=O)Nc2cc(C3CCC3)nn2C)C2CC2)n1. The summed E-state index contributed by atoms with van der Waals surface area (Å²) in [5.74, 6) is 1.82. The van der Waals surface area contributed by atoms with Gasteiger partial charge in [0.15, 0.2) is 0 Å². The van der Waals surface area contributed by atoms with E-state index in [0.717, 1.165) is 35.1 Å². The van der Waals surface area contributed by atoms with Gasteiger partial charge in [-0.15, -0.1) is 11.3 Å². The van der Waals surface area contributed by atoms with Crippen molar-refractivity contribution in [1.29, 1.82) is 0 Å². The molecule has 7 heteroatoms. The molecule has 2 aliphatic rings. The Morgan fingerprint density at radius 1 is 1.38 bits per heavy atom. The van der Waals surface area contributed by atoms with Crippen molar-refractivity contribution in [2.45, 2.75) is 51.0 Å². The molecule has 0 spiro atoms. The third kappa shape index (κ3) is 3.17. The fourth-order valence-corrected chi connectivity index (χ4v) is 4.07. The molecule has 24 heavy (non-hydrogen) atoms. The number of hydrogen-bond acceptors (Lipinski definition) is 4. The van der Waals surface area contributed by atoms with Gasteiger partial charge in [-0.05, 0) is 38.5 Å². The molecule has 2 fully saturated rings. The molecule has 0 radical (unpaired) electrons. The van der Waals surface area contributed by atoms with E-state index in [-0.39, 0.29) is 12.1 Å². The Morgan fingerprint density at radius 3 is 2.75 bits per heavy atom. The van der Waals surface area contributed by atoms with Crippen molar-refractivity contribution in [2.24, 2.45) is 13.0 Å². The smallest absolute Gasteiger partial charge is 0.320 e. The molecule has 6 nitrogen and oxygen atoms in total. The summed E-state index contributed by atoms with van der Waals surface area (Å²) in [5.41, 5.74) is 2.10. The van der Waals surface area contributed by atoms with Crippen LogP contribution in [0.25, 0.3) is 0 Å². The zero-order valence-electron chi connectivity index (χ0n) is 14.1. The van der Waals surface area contributed by atoms with Gasteiger partial charge in [-0.3, -0.25) is 10.00 Å². The number of carbonyl (C=O) groups is 1. The van der Waals surface area contributed by atoms with Crippen molar-refractivity contribution in [1.82, 2.24) is 20.1 Å². The lowest BCUT2D eigenvalue weighted by Crippen LogP contribution is -2.34. The van der Waals surface area contributed by atoms with E-state index in [1.54, 1.807) is 16.0 Å². The van der Waals surface area contributed by atoms with Crippen LogP contribution in [-0.4, -0.2) is 20.8 Å². The van der Waals surface area contributed by atoms with Gasteiger partial charge in [-0.1, -0.05) is 6.42 Å². The zero-order chi connectivity index (χ0) is 16.7. The predicted molar refractivity (Wildman–Crippen MR) is 94.3 cm³/mol. The van der Waals surface area contributed by atoms with E-state index >= 15 is 0 Å². The molecule has 1 atom stereocenters. The van der Waals surface area contributed by atoms with Crippen LogP contribution in [0.1, 0.15) is 60.5 Å². The van der Waals surface area contributed by atoms with E-state index in [1.165, 1.54) is 19.3 Å². The standard InChI is InChI=1S/C17H23N5OS/c1-10-9-24-16(18-10)15(12-6-7-12)20-17(23)19-14-8-13(21-22(14)2)11-4-3-5-11/h8-9,11-12,15H,3-7H2,1-2H3,(H2,19,20,23)/t15-/m1/s1. The Bertz CT molecular complexity index is 744. The number of hydrogen-bond donors (Lipinski definition) is 2. The van der Waals surface area contributed by atoms with Crippen LogP contribution in [-0.2, 0) is 7.05 Å². The number of aryl methyl sites for hydroxylation is 2. The third-order valence-electron chi connectivity index (χ3n) is 4.95. The molecular formula is C17H23N5OS. The highest BCUT2D eigenvalue weighted by Crippen LogP contribution is 2.42. The van der Waals surface area contributed by atoms with Crippen molar-refractivity contribution < 1.29 is 4.79 Å². The molecule has 0 bridgehead atoms. The number of aromatic nitrogens is 3. The molecule has 2 saturated carbocycles. The lowest BCUT2D eigenvalue weighted by atomic mass is 9.83. The summed E-state index contributed by atoms with van der Waals surface area (Å²) in [7, 11) is 1.88. The van der Waals surface area contributed by atoms with E-state index in [9.17, 15) is 4.79 Å². The molecule has 4 rings (SSSR count). The van der Waals surface area contributed by atoms with E-state index in [0.29, 0.717) is 11.8 Å². The second kappa shape index (κ2) is 6.20. The minimum Gasteiger partial charge on any atom is -0.328 e. The first-order valence-corrected chi connectivity index (χ1v) is 9.51. The minimum atomic E-state index is -0.178. The molecule has 2 aliphatic carbocycles. The quantitative estimate of drug-likeness (QED) is 0.867. The Balaban J connectivity index is 1.43. The van der Waals surface area contributed by atoms with E-state index in [4.69, 9.17) is 0 Å². The highest BCUT2D eigenvalue weighted by atomic mass is 32.1. The summed E-state index contributed by atoms with van der Waals surface area (Å²) in [6, 6.07) is 1.84. The van der Waals surface area contributed by atoms with Crippen molar-refractivity contribution in [2.75, 3.05) is 5.32 Å². The lowest BCUT2D eigenvalue weighted by molar-refractivity contribution is 0.247. The summed E-state index contributed by atoms with van der Waals surface area (Å²) in [5, 5.41) is 13.6. The first-order valence-electron chi connectivity index (χ1n) is 8.63. The normalized spacial score (nSPS) is 18.9. The lowest BCUT2D eigenvalue weighted by Gasteiger charge is -2.22. The number of anilines is 1. The summed E-state index contributed by atoms with van der Waals surface area (Å²) in [6.07, 6.45) is 5.99. The number of amides is 2.